The monoisotopic (exact) mass is 708 g/mol. The second kappa shape index (κ2) is 13.8. The highest BCUT2D eigenvalue weighted by Crippen LogP contribution is 2.39. The van der Waals surface area contributed by atoms with Crippen LogP contribution in [0.2, 0.25) is 0 Å². The molecular weight excluding hydrogens is 656 g/mol. The number of likely N-dealkylation sites (tertiary alicyclic amines) is 2. The highest BCUT2D eigenvalue weighted by molar-refractivity contribution is 5.99. The maximum Gasteiger partial charge on any atom is 0.410 e. The number of amides is 7. The van der Waals surface area contributed by atoms with Gasteiger partial charge in [0, 0.05) is 45.1 Å². The predicted molar refractivity (Wildman–Crippen MR) is 175 cm³/mol. The van der Waals surface area contributed by atoms with E-state index in [1.54, 1.807) is 53.4 Å². The molecule has 2 spiro atoms. The van der Waals surface area contributed by atoms with E-state index in [0.29, 0.717) is 0 Å². The lowest BCUT2D eigenvalue weighted by atomic mass is 9.81. The number of aliphatic hydroxyl groups is 1. The van der Waals surface area contributed by atoms with Gasteiger partial charge >= 0.3 is 12.2 Å². The third kappa shape index (κ3) is 7.75. The third-order valence-corrected chi connectivity index (χ3v) is 9.58. The molecule has 0 aliphatic carbocycles. The maximum atomic E-state index is 13.7. The van der Waals surface area contributed by atoms with E-state index in [4.69, 9.17) is 20.9 Å². The summed E-state index contributed by atoms with van der Waals surface area (Å²) in [6.07, 6.45) is -2.55. The average Bonchev–Trinajstić information content (AvgIpc) is 3.00. The van der Waals surface area contributed by atoms with Gasteiger partial charge in [0.1, 0.15) is 23.0 Å². The summed E-state index contributed by atoms with van der Waals surface area (Å²) in [6, 6.07) is 0. The Bertz CT molecular complexity index is 1420. The Hall–Kier alpha value is -4.19. The lowest BCUT2D eigenvalue weighted by Gasteiger charge is -2.62. The molecule has 5 N–H and O–H groups in total. The Morgan fingerprint density at radius 3 is 1.90 bits per heavy atom. The van der Waals surface area contributed by atoms with Crippen molar-refractivity contribution in [2.24, 2.45) is 17.4 Å². The van der Waals surface area contributed by atoms with Crippen molar-refractivity contribution in [1.82, 2.24) is 29.4 Å². The van der Waals surface area contributed by atoms with Crippen molar-refractivity contribution in [2.75, 3.05) is 65.4 Å². The molecule has 4 fully saturated rings. The highest BCUT2D eigenvalue weighted by Gasteiger charge is 2.62. The number of primary amides is 2. The maximum absolute atomic E-state index is 13.7. The van der Waals surface area contributed by atoms with Crippen LogP contribution in [0.15, 0.2) is 0 Å². The normalized spacial score (nSPS) is 25.8. The van der Waals surface area contributed by atoms with Gasteiger partial charge in [0.15, 0.2) is 5.54 Å². The largest absolute Gasteiger partial charge is 0.444 e. The molecular formula is C32H52N8O10. The van der Waals surface area contributed by atoms with Crippen LogP contribution in [-0.2, 0) is 33.4 Å². The number of nitrogens with zero attached hydrogens (tertiary/aromatic N) is 6. The number of hydrogen-bond acceptors (Lipinski definition) is 11. The fraction of sp³-hybridized carbons (Fsp3) is 0.781. The van der Waals surface area contributed by atoms with Gasteiger partial charge in [0.05, 0.1) is 32.7 Å². The van der Waals surface area contributed by atoms with Gasteiger partial charge in [-0.3, -0.25) is 28.9 Å². The molecule has 3 atom stereocenters. The number of rotatable bonds is 9. The molecule has 4 rings (SSSR count). The summed E-state index contributed by atoms with van der Waals surface area (Å²) in [5, 5.41) is 11.1. The second-order valence-corrected chi connectivity index (χ2v) is 15.6. The number of aliphatic hydroxyl groups excluding tert-OH is 1. The first-order chi connectivity index (χ1) is 23.0. The summed E-state index contributed by atoms with van der Waals surface area (Å²) >= 11 is 0. The highest BCUT2D eigenvalue weighted by atomic mass is 16.6. The number of hydrogen-bond donors (Lipinski definition) is 3. The Kier molecular flexibility index (Phi) is 10.7. The molecule has 4 heterocycles. The van der Waals surface area contributed by atoms with Gasteiger partial charge in [-0.25, -0.2) is 9.59 Å². The Morgan fingerprint density at radius 2 is 1.38 bits per heavy atom. The van der Waals surface area contributed by atoms with E-state index in [9.17, 15) is 38.7 Å². The summed E-state index contributed by atoms with van der Waals surface area (Å²) in [5.41, 5.74) is 6.17. The van der Waals surface area contributed by atoms with Gasteiger partial charge in [-0.1, -0.05) is 13.8 Å². The quantitative estimate of drug-likeness (QED) is 0.233. The van der Waals surface area contributed by atoms with Gasteiger partial charge in [-0.15, -0.1) is 0 Å². The molecule has 18 nitrogen and oxygen atoms in total. The molecule has 0 bridgehead atoms. The van der Waals surface area contributed by atoms with Crippen LogP contribution in [0.3, 0.4) is 0 Å². The molecule has 3 unspecified atom stereocenters. The lowest BCUT2D eigenvalue weighted by Crippen LogP contribution is -2.83. The number of ether oxygens (including phenoxy) is 2. The predicted octanol–water partition coefficient (Wildman–Crippen LogP) is -1.51. The van der Waals surface area contributed by atoms with Crippen molar-refractivity contribution < 1.29 is 48.1 Å². The molecule has 0 radical (unpaired) electrons. The Morgan fingerprint density at radius 1 is 0.820 bits per heavy atom. The fourth-order valence-corrected chi connectivity index (χ4v) is 7.13. The van der Waals surface area contributed by atoms with Crippen LogP contribution < -0.4 is 11.5 Å². The van der Waals surface area contributed by atoms with E-state index < -0.39 is 64.3 Å². The number of carbonyl (C=O) groups excluding carboxylic acids is 7. The van der Waals surface area contributed by atoms with E-state index in [-0.39, 0.29) is 90.1 Å². The average molecular weight is 709 g/mol. The number of β-lactam (4-membered cyclic amide) rings is 1. The van der Waals surface area contributed by atoms with E-state index in [2.05, 4.69) is 0 Å². The van der Waals surface area contributed by atoms with E-state index in [0.717, 1.165) is 0 Å². The van der Waals surface area contributed by atoms with Crippen molar-refractivity contribution in [1.29, 1.82) is 0 Å². The van der Waals surface area contributed by atoms with Gasteiger partial charge < -0.3 is 50.5 Å². The van der Waals surface area contributed by atoms with Gasteiger partial charge in [-0.2, -0.15) is 0 Å². The lowest BCUT2D eigenvalue weighted by molar-refractivity contribution is -0.225. The summed E-state index contributed by atoms with van der Waals surface area (Å²) in [4.78, 5) is 98.2. The first-order valence-corrected chi connectivity index (χ1v) is 16.9. The number of nitrogens with two attached hydrogens (primary N) is 2. The van der Waals surface area contributed by atoms with Crippen LogP contribution >= 0.6 is 0 Å². The minimum absolute atomic E-state index is 0.00789. The van der Waals surface area contributed by atoms with E-state index >= 15 is 0 Å². The summed E-state index contributed by atoms with van der Waals surface area (Å²) in [5.74, 6) is -2.79. The SMILES string of the molecule is CC(C)C(=O)N1CCN(C(=O)OC(C)(C)CCC(=O)N2CCN(C(=O)OC(C)(C)C)CC23CN(CC(N)=O)C3=O)CC12CN(CC(N)=O)C2O. The molecule has 0 aromatic rings. The molecule has 0 aromatic heterocycles. The van der Waals surface area contributed by atoms with Crippen molar-refractivity contribution in [3.63, 3.8) is 0 Å². The van der Waals surface area contributed by atoms with Crippen molar-refractivity contribution in [3.8, 4) is 0 Å². The molecule has 0 aromatic carbocycles. The van der Waals surface area contributed by atoms with Crippen molar-refractivity contribution in [3.05, 3.63) is 0 Å². The van der Waals surface area contributed by atoms with E-state index in [1.165, 1.54) is 24.5 Å². The summed E-state index contributed by atoms with van der Waals surface area (Å²) in [6.45, 7) is 11.9. The van der Waals surface area contributed by atoms with Gasteiger partial charge in [-0.05, 0) is 41.0 Å². The van der Waals surface area contributed by atoms with Crippen LogP contribution in [0.1, 0.15) is 61.3 Å². The first kappa shape index (κ1) is 38.6. The zero-order valence-corrected chi connectivity index (χ0v) is 30.1. The van der Waals surface area contributed by atoms with E-state index in [1.807, 2.05) is 0 Å². The molecule has 50 heavy (non-hydrogen) atoms. The standard InChI is InChI=1S/C32H52N8O10/c1-20(2)24(44)40-13-11-36(17-32(40)19-38(26(32)46)15-22(34)42)28(48)50-30(6,7)9-8-23(43)39-12-10-35(27(47)49-29(3,4)5)16-31(39)18-37(25(31)45)14-21(33)41/h20,26,46H,8-19H2,1-7H3,(H2,33,41)(H2,34,42). The first-order valence-electron chi connectivity index (χ1n) is 16.9. The molecule has 4 saturated heterocycles. The summed E-state index contributed by atoms with van der Waals surface area (Å²) < 4.78 is 11.4. The minimum Gasteiger partial charge on any atom is -0.444 e. The smallest absolute Gasteiger partial charge is 0.410 e. The Labute approximate surface area is 291 Å². The molecule has 0 saturated carbocycles. The van der Waals surface area contributed by atoms with Gasteiger partial charge in [0.25, 0.3) is 5.91 Å². The molecule has 4 aliphatic heterocycles. The van der Waals surface area contributed by atoms with Crippen LogP contribution in [0.25, 0.3) is 0 Å². The molecule has 7 amide bonds. The summed E-state index contributed by atoms with van der Waals surface area (Å²) in [7, 11) is 0. The fourth-order valence-electron chi connectivity index (χ4n) is 7.13. The van der Waals surface area contributed by atoms with Crippen LogP contribution in [-0.4, -0.2) is 170 Å². The zero-order valence-electron chi connectivity index (χ0n) is 30.1. The third-order valence-electron chi connectivity index (χ3n) is 9.58. The molecule has 280 valence electrons. The van der Waals surface area contributed by atoms with Crippen LogP contribution in [0.5, 0.6) is 0 Å². The molecule has 4 aliphatic rings. The van der Waals surface area contributed by atoms with Crippen LogP contribution in [0.4, 0.5) is 9.59 Å². The second-order valence-electron chi connectivity index (χ2n) is 15.6. The number of piperazine rings is 2. The van der Waals surface area contributed by atoms with Crippen molar-refractivity contribution >= 4 is 41.7 Å². The van der Waals surface area contributed by atoms with Crippen molar-refractivity contribution in [2.45, 2.75) is 89.8 Å². The number of carbonyl (C=O) groups is 7. The molecule has 18 heteroatoms. The topological polar surface area (TPSA) is 230 Å². The van der Waals surface area contributed by atoms with Crippen LogP contribution in [0, 0.1) is 5.92 Å². The minimum atomic E-state index is -1.39. The van der Waals surface area contributed by atoms with Gasteiger partial charge in [0.2, 0.25) is 23.6 Å². The zero-order chi connectivity index (χ0) is 37.6. The Balaban J connectivity index is 1.41.